The molecule has 0 spiro atoms. The van der Waals surface area contributed by atoms with Crippen LogP contribution in [0.4, 0.5) is 11.5 Å². The maximum absolute atomic E-state index is 6.14. The molecule has 0 amide bonds. The largest absolute Gasteiger partial charge is 0.454 e. The molecule has 0 radical (unpaired) electrons. The molecule has 0 bridgehead atoms. The van der Waals surface area contributed by atoms with Crippen LogP contribution < -0.4 is 25.8 Å². The Hall–Kier alpha value is -3.37. The first-order valence-electron chi connectivity index (χ1n) is 13.6. The highest BCUT2D eigenvalue weighted by Crippen LogP contribution is 2.41. The van der Waals surface area contributed by atoms with Gasteiger partial charge in [0.15, 0.2) is 39.2 Å². The fraction of sp³-hybridized carbons (Fsp3) is 0.370. The number of unbranched alkanes of at least 4 members (excludes halogenated alkanes) is 3. The molecular formula is C27H30IN9O3S. The van der Waals surface area contributed by atoms with Gasteiger partial charge < -0.3 is 30.4 Å². The number of aryl methyl sites for hydroxylation is 1. The van der Waals surface area contributed by atoms with Gasteiger partial charge in [-0.15, -0.1) is 0 Å². The summed E-state index contributed by atoms with van der Waals surface area (Å²) in [4.78, 5) is 14.5. The number of nitrogens with two attached hydrogens (primary N) is 1. The molecule has 0 saturated heterocycles. The number of aromatic nitrogens is 6. The zero-order valence-electron chi connectivity index (χ0n) is 22.3. The molecule has 1 aliphatic rings. The number of fused-ring (bicyclic) bond motifs is 3. The molecule has 3 aromatic heterocycles. The lowest BCUT2D eigenvalue weighted by atomic mass is 10.2. The van der Waals surface area contributed by atoms with Gasteiger partial charge in [0.25, 0.3) is 0 Å². The predicted molar refractivity (Wildman–Crippen MR) is 165 cm³/mol. The number of nitrogens with one attached hydrogen (secondary N) is 2. The van der Waals surface area contributed by atoms with E-state index in [0.717, 1.165) is 92.9 Å². The van der Waals surface area contributed by atoms with Crippen LogP contribution in [0.1, 0.15) is 32.1 Å². The maximum atomic E-state index is 6.14. The molecule has 0 atom stereocenters. The van der Waals surface area contributed by atoms with Crippen LogP contribution in [0.3, 0.4) is 0 Å². The van der Waals surface area contributed by atoms with Crippen LogP contribution in [0, 0.1) is 3.57 Å². The van der Waals surface area contributed by atoms with E-state index in [1.807, 2.05) is 30.3 Å². The second kappa shape index (κ2) is 13.1. The number of rotatable bonds is 14. The van der Waals surface area contributed by atoms with Crippen molar-refractivity contribution < 1.29 is 14.1 Å². The van der Waals surface area contributed by atoms with E-state index in [4.69, 9.17) is 24.8 Å². The van der Waals surface area contributed by atoms with Crippen LogP contribution in [0.15, 0.2) is 51.3 Å². The number of hydrogen-bond acceptors (Lipinski definition) is 12. The minimum Gasteiger partial charge on any atom is -0.454 e. The Kier molecular flexibility index (Phi) is 8.86. The molecule has 0 fully saturated rings. The quantitative estimate of drug-likeness (QED) is 0.106. The molecule has 0 unspecified atom stereocenters. The fourth-order valence-electron chi connectivity index (χ4n) is 4.68. The number of imidazole rings is 1. The van der Waals surface area contributed by atoms with Gasteiger partial charge >= 0.3 is 0 Å². The number of nitrogen functional groups attached to an aromatic ring is 1. The molecule has 0 saturated carbocycles. The van der Waals surface area contributed by atoms with E-state index in [1.54, 1.807) is 11.8 Å². The van der Waals surface area contributed by atoms with Crippen molar-refractivity contribution in [1.29, 1.82) is 0 Å². The van der Waals surface area contributed by atoms with E-state index in [1.165, 1.54) is 19.2 Å². The van der Waals surface area contributed by atoms with Gasteiger partial charge in [0.2, 0.25) is 6.79 Å². The molecule has 214 valence electrons. The Morgan fingerprint density at radius 2 is 1.78 bits per heavy atom. The minimum absolute atomic E-state index is 0.244. The molecular weight excluding hydrogens is 657 g/mol. The van der Waals surface area contributed by atoms with E-state index in [9.17, 15) is 0 Å². The van der Waals surface area contributed by atoms with Gasteiger partial charge in [-0.25, -0.2) is 19.6 Å². The fourth-order valence-corrected chi connectivity index (χ4v) is 6.39. The van der Waals surface area contributed by atoms with Crippen molar-refractivity contribution in [3.8, 4) is 11.5 Å². The van der Waals surface area contributed by atoms with Crippen molar-refractivity contribution in [3.05, 3.63) is 40.2 Å². The Bertz CT molecular complexity index is 1640. The summed E-state index contributed by atoms with van der Waals surface area (Å²) in [5.41, 5.74) is 10.0. The highest BCUT2D eigenvalue weighted by Gasteiger charge is 2.20. The number of nitrogens with zero attached hydrogens (tertiary/aromatic N) is 6. The molecule has 41 heavy (non-hydrogen) atoms. The predicted octanol–water partition coefficient (Wildman–Crippen LogP) is 5.08. The second-order valence-corrected chi connectivity index (χ2v) is 11.8. The van der Waals surface area contributed by atoms with Crippen LogP contribution in [0.5, 0.6) is 11.5 Å². The SMILES string of the molecule is Nc1ncnc2c1nc(Sc1cc3c(cc1I)OCO3)n2CCCNCCCCCCNc1cccc2nonc12. The topological polar surface area (TPSA) is 151 Å². The van der Waals surface area contributed by atoms with Gasteiger partial charge in [-0.05, 0) is 89.5 Å². The van der Waals surface area contributed by atoms with Crippen molar-refractivity contribution in [3.63, 3.8) is 0 Å². The van der Waals surface area contributed by atoms with Gasteiger partial charge in [-0.2, -0.15) is 0 Å². The smallest absolute Gasteiger partial charge is 0.231 e. The number of ether oxygens (including phenoxy) is 2. The summed E-state index contributed by atoms with van der Waals surface area (Å²) in [6.45, 7) is 3.81. The van der Waals surface area contributed by atoms with E-state index in [2.05, 4.69) is 58.1 Å². The third kappa shape index (κ3) is 6.43. The Balaban J connectivity index is 0.948. The average Bonchev–Trinajstić information content (AvgIpc) is 3.71. The van der Waals surface area contributed by atoms with Crippen molar-refractivity contribution in [2.45, 2.75) is 48.7 Å². The molecule has 4 heterocycles. The molecule has 2 aromatic carbocycles. The van der Waals surface area contributed by atoms with Crippen LogP contribution in [0.25, 0.3) is 22.2 Å². The first-order chi connectivity index (χ1) is 20.2. The summed E-state index contributed by atoms with van der Waals surface area (Å²) < 4.78 is 19.1. The first kappa shape index (κ1) is 27.8. The summed E-state index contributed by atoms with van der Waals surface area (Å²) in [6.07, 6.45) is 7.03. The van der Waals surface area contributed by atoms with Gasteiger partial charge in [0.05, 0.1) is 5.69 Å². The van der Waals surface area contributed by atoms with Crippen molar-refractivity contribution >= 4 is 68.1 Å². The molecule has 12 nitrogen and oxygen atoms in total. The summed E-state index contributed by atoms with van der Waals surface area (Å²) in [6, 6.07) is 9.85. The third-order valence-corrected chi connectivity index (χ3v) is 9.08. The molecule has 1 aliphatic heterocycles. The van der Waals surface area contributed by atoms with Crippen LogP contribution in [-0.4, -0.2) is 56.3 Å². The number of halogens is 1. The van der Waals surface area contributed by atoms with E-state index >= 15 is 0 Å². The van der Waals surface area contributed by atoms with E-state index in [-0.39, 0.29) is 6.79 Å². The standard InChI is InChI=1S/C27H30IN9O3S/c28-17-13-20-21(39-16-38-20)14-22(17)41-27-34-24-25(29)32-15-33-26(24)37(27)12-6-10-30-9-3-1-2-4-11-31-18-7-5-8-19-23(18)36-40-35-19/h5,7-8,13-15,30-31H,1-4,6,9-12,16H2,(H2,29,32,33). The zero-order chi connectivity index (χ0) is 28.0. The van der Waals surface area contributed by atoms with Gasteiger partial charge in [0.1, 0.15) is 11.8 Å². The Morgan fingerprint density at radius 1 is 0.951 bits per heavy atom. The molecule has 5 aromatic rings. The van der Waals surface area contributed by atoms with Crippen LogP contribution >= 0.6 is 34.4 Å². The van der Waals surface area contributed by atoms with Crippen LogP contribution in [-0.2, 0) is 6.54 Å². The second-order valence-electron chi connectivity index (χ2n) is 9.60. The number of hydrogen-bond donors (Lipinski definition) is 3. The first-order valence-corrected chi connectivity index (χ1v) is 15.5. The van der Waals surface area contributed by atoms with Gasteiger partial charge in [0, 0.05) is 21.6 Å². The molecule has 6 rings (SSSR count). The summed E-state index contributed by atoms with van der Waals surface area (Å²) in [7, 11) is 0. The van der Waals surface area contributed by atoms with Crippen molar-refractivity contribution in [1.82, 2.24) is 35.1 Å². The maximum Gasteiger partial charge on any atom is 0.231 e. The van der Waals surface area contributed by atoms with Crippen molar-refractivity contribution in [2.24, 2.45) is 0 Å². The summed E-state index contributed by atoms with van der Waals surface area (Å²) >= 11 is 3.88. The van der Waals surface area contributed by atoms with Gasteiger partial charge in [-0.3, -0.25) is 0 Å². The van der Waals surface area contributed by atoms with Crippen LogP contribution in [0.2, 0.25) is 0 Å². The summed E-state index contributed by atoms with van der Waals surface area (Å²) in [5.74, 6) is 1.90. The molecule has 14 heteroatoms. The Labute approximate surface area is 254 Å². The lowest BCUT2D eigenvalue weighted by Gasteiger charge is -2.10. The zero-order valence-corrected chi connectivity index (χ0v) is 25.3. The highest BCUT2D eigenvalue weighted by atomic mass is 127. The van der Waals surface area contributed by atoms with Gasteiger partial charge in [-0.1, -0.05) is 30.7 Å². The third-order valence-electron chi connectivity index (χ3n) is 6.77. The summed E-state index contributed by atoms with van der Waals surface area (Å²) in [5, 5.41) is 15.7. The van der Waals surface area contributed by atoms with E-state index < -0.39 is 0 Å². The number of benzene rings is 2. The lowest BCUT2D eigenvalue weighted by molar-refractivity contribution is 0.174. The minimum atomic E-state index is 0.244. The Morgan fingerprint density at radius 3 is 2.68 bits per heavy atom. The monoisotopic (exact) mass is 687 g/mol. The molecule has 0 aliphatic carbocycles. The normalized spacial score (nSPS) is 12.5. The number of anilines is 2. The van der Waals surface area contributed by atoms with E-state index in [0.29, 0.717) is 11.3 Å². The molecule has 4 N–H and O–H groups in total. The van der Waals surface area contributed by atoms with Crippen molar-refractivity contribution in [2.75, 3.05) is 37.5 Å². The average molecular weight is 688 g/mol. The highest BCUT2D eigenvalue weighted by molar-refractivity contribution is 14.1. The lowest BCUT2D eigenvalue weighted by Crippen LogP contribution is -2.18.